The predicted molar refractivity (Wildman–Crippen MR) is 63.6 cm³/mol. The number of rotatable bonds is 3. The highest BCUT2D eigenvalue weighted by molar-refractivity contribution is 5.75. The standard InChI is InChI=1S/C13H10N2O2/c16-10-11-6-8-13(9-7-11)15(17)14-12-4-2-1-3-5-12/h1-10H. The van der Waals surface area contributed by atoms with Crippen molar-refractivity contribution in [3.63, 3.8) is 0 Å². The van der Waals surface area contributed by atoms with Gasteiger partial charge >= 0.3 is 0 Å². The van der Waals surface area contributed by atoms with Crippen LogP contribution < -0.4 is 0 Å². The van der Waals surface area contributed by atoms with Gasteiger partial charge in [-0.15, -0.1) is 0 Å². The highest BCUT2D eigenvalue weighted by Crippen LogP contribution is 2.17. The molecule has 4 heteroatoms. The van der Waals surface area contributed by atoms with Crippen LogP contribution in [0.2, 0.25) is 0 Å². The van der Waals surface area contributed by atoms with Gasteiger partial charge in [-0.05, 0) is 24.3 Å². The largest absolute Gasteiger partial charge is 0.594 e. The normalized spacial score (nSPS) is 11.2. The molecule has 0 amide bonds. The van der Waals surface area contributed by atoms with Crippen LogP contribution in [-0.2, 0) is 0 Å². The van der Waals surface area contributed by atoms with Crippen molar-refractivity contribution in [1.82, 2.24) is 0 Å². The number of hydrogen-bond donors (Lipinski definition) is 0. The third-order valence-corrected chi connectivity index (χ3v) is 2.21. The molecule has 0 N–H and O–H groups in total. The van der Waals surface area contributed by atoms with E-state index in [-0.39, 0.29) is 0 Å². The van der Waals surface area contributed by atoms with Crippen LogP contribution in [0.25, 0.3) is 0 Å². The fraction of sp³-hybridized carbons (Fsp3) is 0. The third-order valence-electron chi connectivity index (χ3n) is 2.21. The smallest absolute Gasteiger partial charge is 0.244 e. The van der Waals surface area contributed by atoms with E-state index in [1.165, 1.54) is 0 Å². The number of carbonyl (C=O) groups is 1. The maximum Gasteiger partial charge on any atom is 0.244 e. The van der Waals surface area contributed by atoms with E-state index in [0.29, 0.717) is 21.8 Å². The van der Waals surface area contributed by atoms with Crippen LogP contribution in [0.15, 0.2) is 59.7 Å². The Kier molecular flexibility index (Phi) is 3.25. The molecule has 0 saturated heterocycles. The van der Waals surface area contributed by atoms with Crippen LogP contribution >= 0.6 is 0 Å². The minimum Gasteiger partial charge on any atom is -0.594 e. The predicted octanol–water partition coefficient (Wildman–Crippen LogP) is 3.42. The van der Waals surface area contributed by atoms with Crippen LogP contribution in [0.3, 0.4) is 0 Å². The van der Waals surface area contributed by atoms with Gasteiger partial charge in [-0.3, -0.25) is 4.79 Å². The van der Waals surface area contributed by atoms with Gasteiger partial charge in [0.05, 0.1) is 0 Å². The lowest BCUT2D eigenvalue weighted by atomic mass is 10.2. The molecule has 2 rings (SSSR count). The minimum absolute atomic E-state index is 0.388. The Hall–Kier alpha value is -2.49. The monoisotopic (exact) mass is 226 g/mol. The van der Waals surface area contributed by atoms with Crippen molar-refractivity contribution < 1.29 is 9.66 Å². The highest BCUT2D eigenvalue weighted by Gasteiger charge is 2.03. The summed E-state index contributed by atoms with van der Waals surface area (Å²) in [4.78, 5) is 11.0. The Morgan fingerprint density at radius 3 is 2.24 bits per heavy atom. The Morgan fingerprint density at radius 1 is 1.00 bits per heavy atom. The van der Waals surface area contributed by atoms with Crippen molar-refractivity contribution in [3.05, 3.63) is 65.4 Å². The first-order valence-electron chi connectivity index (χ1n) is 5.09. The average molecular weight is 226 g/mol. The third kappa shape index (κ3) is 2.75. The summed E-state index contributed by atoms with van der Waals surface area (Å²) < 4.78 is 0. The van der Waals surface area contributed by atoms with Crippen LogP contribution in [0.5, 0.6) is 0 Å². The molecule has 0 aliphatic rings. The van der Waals surface area contributed by atoms with Gasteiger partial charge in [-0.1, -0.05) is 23.1 Å². The maximum absolute atomic E-state index is 11.7. The summed E-state index contributed by atoms with van der Waals surface area (Å²) in [6.45, 7) is 0. The summed E-state index contributed by atoms with van der Waals surface area (Å²) in [5.74, 6) is 0. The first-order valence-corrected chi connectivity index (χ1v) is 5.09. The summed E-state index contributed by atoms with van der Waals surface area (Å²) in [7, 11) is 0. The second-order valence-corrected chi connectivity index (χ2v) is 3.42. The topological polar surface area (TPSA) is 55.5 Å². The van der Waals surface area contributed by atoms with Crippen molar-refractivity contribution in [2.45, 2.75) is 0 Å². The van der Waals surface area contributed by atoms with E-state index >= 15 is 0 Å². The molecule has 2 aromatic carbocycles. The van der Waals surface area contributed by atoms with Gasteiger partial charge in [0.25, 0.3) is 0 Å². The van der Waals surface area contributed by atoms with Crippen LogP contribution in [-0.4, -0.2) is 11.1 Å². The summed E-state index contributed by atoms with van der Waals surface area (Å²) in [5, 5.41) is 15.5. The lowest BCUT2D eigenvalue weighted by molar-refractivity contribution is -0.435. The molecule has 4 nitrogen and oxygen atoms in total. The molecule has 17 heavy (non-hydrogen) atoms. The van der Waals surface area contributed by atoms with E-state index in [1.54, 1.807) is 36.4 Å². The molecule has 0 radical (unpaired) electrons. The molecule has 0 aliphatic heterocycles. The van der Waals surface area contributed by atoms with E-state index in [0.717, 1.165) is 6.29 Å². The summed E-state index contributed by atoms with van der Waals surface area (Å²) >= 11 is 0. The number of azo groups is 1. The molecule has 0 heterocycles. The molecular weight excluding hydrogens is 216 g/mol. The van der Waals surface area contributed by atoms with Crippen molar-refractivity contribution in [2.75, 3.05) is 0 Å². The Labute approximate surface area is 98.4 Å². The Balaban J connectivity index is 2.27. The van der Waals surface area contributed by atoms with Gasteiger partial charge in [0.15, 0.2) is 0 Å². The maximum atomic E-state index is 11.7. The lowest BCUT2D eigenvalue weighted by Crippen LogP contribution is -1.90. The Bertz CT molecular complexity index is 533. The van der Waals surface area contributed by atoms with Gasteiger partial charge in [-0.25, -0.2) is 0 Å². The number of nitrogens with zero attached hydrogens (tertiary/aromatic N) is 2. The number of carbonyl (C=O) groups excluding carboxylic acids is 1. The van der Waals surface area contributed by atoms with Crippen LogP contribution in [0.1, 0.15) is 10.4 Å². The van der Waals surface area contributed by atoms with E-state index in [9.17, 15) is 10.0 Å². The second-order valence-electron chi connectivity index (χ2n) is 3.42. The Morgan fingerprint density at radius 2 is 1.65 bits per heavy atom. The fourth-order valence-electron chi connectivity index (χ4n) is 1.34. The fourth-order valence-corrected chi connectivity index (χ4v) is 1.34. The first kappa shape index (κ1) is 11.0. The summed E-state index contributed by atoms with van der Waals surface area (Å²) in [6, 6.07) is 15.2. The van der Waals surface area contributed by atoms with Crippen LogP contribution in [0, 0.1) is 5.21 Å². The molecule has 0 bridgehead atoms. The van der Waals surface area contributed by atoms with Crippen LogP contribution in [0.4, 0.5) is 11.4 Å². The summed E-state index contributed by atoms with van der Waals surface area (Å²) in [5.41, 5.74) is 1.50. The molecule has 84 valence electrons. The first-order chi connectivity index (χ1) is 8.29. The van der Waals surface area contributed by atoms with Crippen molar-refractivity contribution >= 4 is 17.7 Å². The molecular formula is C13H10N2O2. The van der Waals surface area contributed by atoms with Crippen molar-refractivity contribution in [3.8, 4) is 0 Å². The van der Waals surface area contributed by atoms with Gasteiger partial charge in [0.1, 0.15) is 12.0 Å². The second kappa shape index (κ2) is 5.03. The average Bonchev–Trinajstić information content (AvgIpc) is 2.40. The van der Waals surface area contributed by atoms with Crippen molar-refractivity contribution in [1.29, 1.82) is 0 Å². The molecule has 0 spiro atoms. The molecule has 0 saturated carbocycles. The zero-order valence-corrected chi connectivity index (χ0v) is 8.98. The highest BCUT2D eigenvalue weighted by atomic mass is 16.5. The number of aldehydes is 1. The van der Waals surface area contributed by atoms with Crippen molar-refractivity contribution in [2.24, 2.45) is 5.11 Å². The minimum atomic E-state index is 0.388. The van der Waals surface area contributed by atoms with E-state index < -0.39 is 0 Å². The zero-order valence-electron chi connectivity index (χ0n) is 8.98. The zero-order chi connectivity index (χ0) is 12.1. The van der Waals surface area contributed by atoms with E-state index in [1.807, 2.05) is 18.2 Å². The van der Waals surface area contributed by atoms with Gasteiger partial charge in [0, 0.05) is 22.8 Å². The SMILES string of the molecule is O=Cc1ccc([N+]([O-])=Nc2ccccc2)cc1. The van der Waals surface area contributed by atoms with Gasteiger partial charge in [-0.2, -0.15) is 0 Å². The van der Waals surface area contributed by atoms with E-state index in [2.05, 4.69) is 5.11 Å². The molecule has 0 aromatic heterocycles. The van der Waals surface area contributed by atoms with Gasteiger partial charge in [0.2, 0.25) is 5.69 Å². The molecule has 0 unspecified atom stereocenters. The lowest BCUT2D eigenvalue weighted by Gasteiger charge is -1.99. The molecule has 0 atom stereocenters. The van der Waals surface area contributed by atoms with E-state index in [4.69, 9.17) is 0 Å². The number of hydrogen-bond acceptors (Lipinski definition) is 3. The quantitative estimate of drug-likeness (QED) is 0.348. The molecule has 2 aromatic rings. The summed E-state index contributed by atoms with van der Waals surface area (Å²) in [6.07, 6.45) is 0.729. The molecule has 0 aliphatic carbocycles. The van der Waals surface area contributed by atoms with Gasteiger partial charge < -0.3 is 5.21 Å². The molecule has 0 fully saturated rings. The number of benzene rings is 2.